The number of aromatic nitrogens is 4. The molecule has 2 saturated carbocycles. The molecule has 2 saturated heterocycles. The summed E-state index contributed by atoms with van der Waals surface area (Å²) in [7, 11) is 8.04. The van der Waals surface area contributed by atoms with E-state index in [9.17, 15) is 19.2 Å². The first kappa shape index (κ1) is 51.6. The third kappa shape index (κ3) is 14.3. The van der Waals surface area contributed by atoms with E-state index in [1.54, 1.807) is 13.8 Å². The molecule has 4 fully saturated rings. The van der Waals surface area contributed by atoms with Crippen LogP contribution in [-0.4, -0.2) is 143 Å². The molecular formula is C44H72F2N14O6. The number of rotatable bonds is 18. The Balaban J connectivity index is 0.000000247. The Bertz CT molecular complexity index is 1830. The van der Waals surface area contributed by atoms with Crippen molar-refractivity contribution in [3.8, 4) is 0 Å². The zero-order valence-corrected chi connectivity index (χ0v) is 39.8. The van der Waals surface area contributed by atoms with Crippen molar-refractivity contribution in [2.45, 2.75) is 104 Å². The van der Waals surface area contributed by atoms with Crippen molar-refractivity contribution >= 4 is 47.3 Å². The van der Waals surface area contributed by atoms with Crippen LogP contribution in [0.4, 0.5) is 41.6 Å². The summed E-state index contributed by atoms with van der Waals surface area (Å²) in [5.41, 5.74) is 10.3. The molecule has 368 valence electrons. The first-order valence-electron chi connectivity index (χ1n) is 23.3. The Hall–Kier alpha value is -5.38. The van der Waals surface area contributed by atoms with E-state index in [0.717, 1.165) is 51.4 Å². The fourth-order valence-corrected chi connectivity index (χ4v) is 9.99. The van der Waals surface area contributed by atoms with Gasteiger partial charge in [0.15, 0.2) is 23.3 Å². The standard InChI is InChI=1S/2C22H36FN7O3/c2*1-13-11-30(12-17(13)29(3)4)20-18(23)19(25-14(2)26-20)27-28-21(31)16(10-24-22(32)33)9-15-7-5-6-8-15/h2*13,15-17,24H,5-12H2,1-4H3,(H,28,31)(H,32,33)(H,25,26,27)/t2*13-,16+,17-/m00/s1. The lowest BCUT2D eigenvalue weighted by atomic mass is 9.92. The molecule has 2 aromatic rings. The topological polar surface area (TPSA) is 245 Å². The van der Waals surface area contributed by atoms with E-state index < -0.39 is 47.5 Å². The minimum absolute atomic E-state index is 0.00741. The van der Waals surface area contributed by atoms with Gasteiger partial charge in [-0.1, -0.05) is 65.2 Å². The molecule has 4 aliphatic rings. The van der Waals surface area contributed by atoms with Gasteiger partial charge in [0, 0.05) is 51.4 Å². The van der Waals surface area contributed by atoms with Gasteiger partial charge in [-0.25, -0.2) is 29.5 Å². The van der Waals surface area contributed by atoms with E-state index in [2.05, 4.69) is 75.9 Å². The van der Waals surface area contributed by atoms with Crippen molar-refractivity contribution in [1.82, 2.24) is 51.2 Å². The van der Waals surface area contributed by atoms with Gasteiger partial charge in [0.1, 0.15) is 11.6 Å². The van der Waals surface area contributed by atoms with Gasteiger partial charge in [0.25, 0.3) is 0 Å². The van der Waals surface area contributed by atoms with Gasteiger partial charge in [0.05, 0.1) is 11.8 Å². The average Bonchev–Trinajstić information content (AvgIpc) is 4.10. The number of carbonyl (C=O) groups is 4. The minimum atomic E-state index is -1.18. The molecule has 20 nitrogen and oxygen atoms in total. The Labute approximate surface area is 386 Å². The van der Waals surface area contributed by atoms with Gasteiger partial charge in [-0.2, -0.15) is 8.78 Å². The lowest BCUT2D eigenvalue weighted by molar-refractivity contribution is -0.125. The maximum Gasteiger partial charge on any atom is 0.404 e. The molecule has 0 unspecified atom stereocenters. The molecule has 0 bridgehead atoms. The smallest absolute Gasteiger partial charge is 0.404 e. The van der Waals surface area contributed by atoms with Crippen LogP contribution >= 0.6 is 0 Å². The maximum absolute atomic E-state index is 15.3. The number of amides is 4. The summed E-state index contributed by atoms with van der Waals surface area (Å²) in [6, 6.07) is 0.572. The van der Waals surface area contributed by atoms with Crippen LogP contribution in [0, 0.1) is 61.0 Å². The highest BCUT2D eigenvalue weighted by Crippen LogP contribution is 2.33. The van der Waals surface area contributed by atoms with Crippen LogP contribution in [-0.2, 0) is 9.59 Å². The van der Waals surface area contributed by atoms with Crippen molar-refractivity contribution in [3.05, 3.63) is 23.3 Å². The highest BCUT2D eigenvalue weighted by molar-refractivity contribution is 5.81. The number of aryl methyl sites for hydroxylation is 2. The summed E-state index contributed by atoms with van der Waals surface area (Å²) >= 11 is 0. The summed E-state index contributed by atoms with van der Waals surface area (Å²) in [5.74, 6) is -0.648. The van der Waals surface area contributed by atoms with E-state index in [4.69, 9.17) is 10.2 Å². The molecule has 0 aromatic carbocycles. The Kier molecular flexibility index (Phi) is 18.7. The first-order chi connectivity index (χ1) is 31.3. The average molecular weight is 931 g/mol. The predicted molar refractivity (Wildman–Crippen MR) is 247 cm³/mol. The molecule has 4 heterocycles. The Morgan fingerprint density at radius 3 is 1.27 bits per heavy atom. The van der Waals surface area contributed by atoms with E-state index in [0.29, 0.717) is 74.3 Å². The first-order valence-corrected chi connectivity index (χ1v) is 23.3. The van der Waals surface area contributed by atoms with Gasteiger partial charge in [-0.05, 0) is 78.6 Å². The zero-order valence-electron chi connectivity index (χ0n) is 39.8. The summed E-state index contributed by atoms with van der Waals surface area (Å²) in [4.78, 5) is 72.5. The van der Waals surface area contributed by atoms with Gasteiger partial charge in [0.2, 0.25) is 23.4 Å². The van der Waals surface area contributed by atoms with Gasteiger partial charge >= 0.3 is 12.2 Å². The highest BCUT2D eigenvalue weighted by atomic mass is 19.1. The largest absolute Gasteiger partial charge is 0.465 e. The molecule has 4 amide bonds. The number of carboxylic acid groups (broad SMARTS) is 2. The summed E-state index contributed by atoms with van der Waals surface area (Å²) in [5, 5.41) is 22.5. The van der Waals surface area contributed by atoms with Crippen LogP contribution in [0.25, 0.3) is 0 Å². The van der Waals surface area contributed by atoms with Crippen LogP contribution in [0.5, 0.6) is 0 Å². The SMILES string of the molecule is Cc1nc(NNC(=O)[C@@H](CNC(=O)O)CC2CCCC2)c(F)c(N2C[C@H](C)[C@@H](N(C)C)C2)n1.Cc1nc(NNC(=O)[C@@H](CNC(=O)O)CC2CCCC2)c(F)c(N2C[C@H](C)[C@@H](N(C)C)C2)n1. The van der Waals surface area contributed by atoms with Crippen molar-refractivity contribution < 1.29 is 38.2 Å². The van der Waals surface area contributed by atoms with Crippen LogP contribution in [0.1, 0.15) is 89.7 Å². The van der Waals surface area contributed by atoms with Crippen LogP contribution < -0.4 is 42.1 Å². The lowest BCUT2D eigenvalue weighted by Crippen LogP contribution is -2.42. The normalized spacial score (nSPS) is 21.9. The monoisotopic (exact) mass is 931 g/mol. The molecule has 2 aliphatic heterocycles. The fraction of sp³-hybridized carbons (Fsp3) is 0.727. The number of nitrogens with one attached hydrogen (secondary N) is 6. The lowest BCUT2D eigenvalue weighted by Gasteiger charge is -2.23. The third-order valence-electron chi connectivity index (χ3n) is 13.5. The highest BCUT2D eigenvalue weighted by Gasteiger charge is 2.36. The number of hydrazine groups is 2. The number of hydrogen-bond acceptors (Lipinski definition) is 14. The molecule has 0 radical (unpaired) electrons. The second-order valence-electron chi connectivity index (χ2n) is 19.1. The number of hydrogen-bond donors (Lipinski definition) is 8. The quantitative estimate of drug-likeness (QED) is 0.0964. The van der Waals surface area contributed by atoms with E-state index in [1.165, 1.54) is 0 Å². The van der Waals surface area contributed by atoms with E-state index in [1.807, 2.05) is 38.0 Å². The van der Waals surface area contributed by atoms with Crippen molar-refractivity contribution in [2.75, 3.05) is 88.1 Å². The maximum atomic E-state index is 15.3. The molecule has 8 N–H and O–H groups in total. The van der Waals surface area contributed by atoms with E-state index in [-0.39, 0.29) is 48.4 Å². The molecular weight excluding hydrogens is 859 g/mol. The van der Waals surface area contributed by atoms with Gasteiger partial charge < -0.3 is 40.4 Å². The van der Waals surface area contributed by atoms with Crippen molar-refractivity contribution in [1.29, 1.82) is 0 Å². The number of likely N-dealkylation sites (N-methyl/N-ethyl adjacent to an activating group) is 2. The number of nitrogens with zero attached hydrogens (tertiary/aromatic N) is 8. The van der Waals surface area contributed by atoms with Crippen LogP contribution in [0.15, 0.2) is 0 Å². The van der Waals surface area contributed by atoms with E-state index >= 15 is 8.78 Å². The number of carbonyl (C=O) groups excluding carboxylic acids is 2. The minimum Gasteiger partial charge on any atom is -0.465 e. The molecule has 22 heteroatoms. The fourth-order valence-electron chi connectivity index (χ4n) is 9.99. The second-order valence-corrected chi connectivity index (χ2v) is 19.1. The summed E-state index contributed by atoms with van der Waals surface area (Å²) < 4.78 is 30.6. The number of anilines is 4. The molecule has 66 heavy (non-hydrogen) atoms. The molecule has 6 atom stereocenters. The van der Waals surface area contributed by atoms with Crippen LogP contribution in [0.2, 0.25) is 0 Å². The third-order valence-corrected chi connectivity index (χ3v) is 13.5. The van der Waals surface area contributed by atoms with Crippen molar-refractivity contribution in [2.24, 2.45) is 35.5 Å². The van der Waals surface area contributed by atoms with Crippen LogP contribution in [0.3, 0.4) is 0 Å². The Morgan fingerprint density at radius 2 is 0.970 bits per heavy atom. The second kappa shape index (κ2) is 23.9. The molecule has 0 spiro atoms. The molecule has 2 aromatic heterocycles. The van der Waals surface area contributed by atoms with Gasteiger partial charge in [-0.15, -0.1) is 0 Å². The number of halogens is 2. The Morgan fingerprint density at radius 1 is 0.621 bits per heavy atom. The molecule has 6 rings (SSSR count). The van der Waals surface area contributed by atoms with Crippen molar-refractivity contribution in [3.63, 3.8) is 0 Å². The molecule has 2 aliphatic carbocycles. The zero-order chi connectivity index (χ0) is 48.2. The summed E-state index contributed by atoms with van der Waals surface area (Å²) in [6.07, 6.45) is 7.47. The predicted octanol–water partition coefficient (Wildman–Crippen LogP) is 4.44. The van der Waals surface area contributed by atoms with Gasteiger partial charge in [-0.3, -0.25) is 31.3 Å². The summed E-state index contributed by atoms with van der Waals surface area (Å²) in [6.45, 7) is 10.3.